The molecule has 0 saturated heterocycles. The Bertz CT molecular complexity index is 125. The fourth-order valence-electron chi connectivity index (χ4n) is 1.06. The molecule has 0 radical (unpaired) electrons. The second kappa shape index (κ2) is 3.44. The molecular formula is C8H13N. The minimum Gasteiger partial charge on any atom is -0.290 e. The van der Waals surface area contributed by atoms with E-state index in [0.29, 0.717) is 0 Å². The van der Waals surface area contributed by atoms with Crippen molar-refractivity contribution in [1.29, 1.82) is 0 Å². The van der Waals surface area contributed by atoms with Gasteiger partial charge in [0.05, 0.1) is 0 Å². The largest absolute Gasteiger partial charge is 0.290 e. The maximum Gasteiger partial charge on any atom is 0.0392 e. The second-order valence-corrected chi connectivity index (χ2v) is 2.39. The van der Waals surface area contributed by atoms with E-state index >= 15 is 0 Å². The molecule has 0 bridgehead atoms. The SMILES string of the molecule is C=CC1=NCCCCC1. The van der Waals surface area contributed by atoms with E-state index in [-0.39, 0.29) is 0 Å². The maximum atomic E-state index is 4.34. The summed E-state index contributed by atoms with van der Waals surface area (Å²) in [5.41, 5.74) is 1.20. The lowest BCUT2D eigenvalue weighted by Gasteiger charge is -1.91. The standard InChI is InChI=1S/C8H13N/c1-2-8-6-4-3-5-7-9-8/h2H,1,3-7H2. The van der Waals surface area contributed by atoms with Gasteiger partial charge in [-0.15, -0.1) is 0 Å². The Labute approximate surface area is 56.5 Å². The fourth-order valence-corrected chi connectivity index (χ4v) is 1.06. The molecule has 1 heterocycles. The van der Waals surface area contributed by atoms with Crippen LogP contribution in [-0.4, -0.2) is 12.3 Å². The van der Waals surface area contributed by atoms with Crippen molar-refractivity contribution in [2.75, 3.05) is 6.54 Å². The van der Waals surface area contributed by atoms with E-state index in [9.17, 15) is 0 Å². The molecule has 0 aliphatic carbocycles. The zero-order chi connectivity index (χ0) is 6.53. The molecule has 9 heavy (non-hydrogen) atoms. The van der Waals surface area contributed by atoms with Crippen LogP contribution in [0.1, 0.15) is 25.7 Å². The van der Waals surface area contributed by atoms with Gasteiger partial charge >= 0.3 is 0 Å². The predicted molar refractivity (Wildman–Crippen MR) is 41.0 cm³/mol. The monoisotopic (exact) mass is 123 g/mol. The minimum atomic E-state index is 1.02. The molecule has 0 unspecified atom stereocenters. The molecular weight excluding hydrogens is 110 g/mol. The van der Waals surface area contributed by atoms with Crippen LogP contribution in [0.2, 0.25) is 0 Å². The third-order valence-corrected chi connectivity index (χ3v) is 1.64. The zero-order valence-corrected chi connectivity index (χ0v) is 5.77. The van der Waals surface area contributed by atoms with Crippen LogP contribution >= 0.6 is 0 Å². The zero-order valence-electron chi connectivity index (χ0n) is 5.77. The number of rotatable bonds is 1. The normalized spacial score (nSPS) is 20.2. The van der Waals surface area contributed by atoms with Crippen LogP contribution in [0.5, 0.6) is 0 Å². The van der Waals surface area contributed by atoms with Gasteiger partial charge in [-0.25, -0.2) is 0 Å². The third kappa shape index (κ3) is 2.00. The number of nitrogens with zero attached hydrogens (tertiary/aromatic N) is 1. The molecule has 0 amide bonds. The molecule has 0 saturated carbocycles. The lowest BCUT2D eigenvalue weighted by atomic mass is 10.1. The van der Waals surface area contributed by atoms with Crippen LogP contribution < -0.4 is 0 Å². The van der Waals surface area contributed by atoms with E-state index in [1.54, 1.807) is 0 Å². The van der Waals surface area contributed by atoms with Gasteiger partial charge in [-0.05, 0) is 25.3 Å². The number of aliphatic imine (C=N–C) groups is 1. The summed E-state index contributed by atoms with van der Waals surface area (Å²) >= 11 is 0. The first kappa shape index (κ1) is 6.53. The van der Waals surface area contributed by atoms with Crippen molar-refractivity contribution < 1.29 is 0 Å². The second-order valence-electron chi connectivity index (χ2n) is 2.39. The molecule has 0 atom stereocenters. The first-order valence-corrected chi connectivity index (χ1v) is 3.59. The van der Waals surface area contributed by atoms with E-state index in [2.05, 4.69) is 11.6 Å². The Hall–Kier alpha value is -0.590. The van der Waals surface area contributed by atoms with Crippen molar-refractivity contribution in [3.63, 3.8) is 0 Å². The summed E-state index contributed by atoms with van der Waals surface area (Å²) in [6, 6.07) is 0. The van der Waals surface area contributed by atoms with Crippen LogP contribution in [0, 0.1) is 0 Å². The molecule has 0 N–H and O–H groups in total. The quantitative estimate of drug-likeness (QED) is 0.507. The predicted octanol–water partition coefficient (Wildman–Crippen LogP) is 2.19. The van der Waals surface area contributed by atoms with Crippen molar-refractivity contribution in [3.8, 4) is 0 Å². The van der Waals surface area contributed by atoms with Crippen molar-refractivity contribution in [2.45, 2.75) is 25.7 Å². The van der Waals surface area contributed by atoms with Crippen LogP contribution in [-0.2, 0) is 0 Å². The summed E-state index contributed by atoms with van der Waals surface area (Å²) < 4.78 is 0. The van der Waals surface area contributed by atoms with Gasteiger partial charge in [-0.1, -0.05) is 13.0 Å². The van der Waals surface area contributed by atoms with E-state index in [4.69, 9.17) is 0 Å². The highest BCUT2D eigenvalue weighted by Crippen LogP contribution is 2.07. The Balaban J connectivity index is 2.46. The van der Waals surface area contributed by atoms with Crippen LogP contribution in [0.4, 0.5) is 0 Å². The van der Waals surface area contributed by atoms with E-state index in [0.717, 1.165) is 13.0 Å². The number of hydrogen-bond acceptors (Lipinski definition) is 1. The fraction of sp³-hybridized carbons (Fsp3) is 0.625. The van der Waals surface area contributed by atoms with Gasteiger partial charge in [0, 0.05) is 12.3 Å². The highest BCUT2D eigenvalue weighted by Gasteiger charge is 1.98. The summed E-state index contributed by atoms with van der Waals surface area (Å²) in [5, 5.41) is 0. The molecule has 0 fully saturated rings. The molecule has 1 rings (SSSR count). The summed E-state index contributed by atoms with van der Waals surface area (Å²) in [5.74, 6) is 0. The summed E-state index contributed by atoms with van der Waals surface area (Å²) in [6.07, 6.45) is 6.91. The van der Waals surface area contributed by atoms with Crippen molar-refractivity contribution in [2.24, 2.45) is 4.99 Å². The van der Waals surface area contributed by atoms with Crippen LogP contribution in [0.15, 0.2) is 17.6 Å². The highest BCUT2D eigenvalue weighted by molar-refractivity contribution is 5.94. The maximum absolute atomic E-state index is 4.34. The van der Waals surface area contributed by atoms with E-state index < -0.39 is 0 Å². The molecule has 1 nitrogen and oxygen atoms in total. The molecule has 1 aliphatic heterocycles. The topological polar surface area (TPSA) is 12.4 Å². The summed E-state index contributed by atoms with van der Waals surface area (Å²) in [4.78, 5) is 4.34. The van der Waals surface area contributed by atoms with Gasteiger partial charge in [0.25, 0.3) is 0 Å². The lowest BCUT2D eigenvalue weighted by Crippen LogP contribution is -1.89. The average Bonchev–Trinajstić information content (AvgIpc) is 2.13. The average molecular weight is 123 g/mol. The smallest absolute Gasteiger partial charge is 0.0392 e. The van der Waals surface area contributed by atoms with Gasteiger partial charge in [0.1, 0.15) is 0 Å². The van der Waals surface area contributed by atoms with Gasteiger partial charge in [-0.2, -0.15) is 0 Å². The Morgan fingerprint density at radius 3 is 3.00 bits per heavy atom. The third-order valence-electron chi connectivity index (χ3n) is 1.64. The highest BCUT2D eigenvalue weighted by atomic mass is 14.7. The molecule has 0 aromatic carbocycles. The molecule has 1 heteroatoms. The van der Waals surface area contributed by atoms with Crippen LogP contribution in [0.3, 0.4) is 0 Å². The van der Waals surface area contributed by atoms with Crippen molar-refractivity contribution >= 4 is 5.71 Å². The first-order chi connectivity index (χ1) is 4.43. The number of hydrogen-bond donors (Lipinski definition) is 0. The van der Waals surface area contributed by atoms with Gasteiger partial charge < -0.3 is 0 Å². The molecule has 0 aromatic rings. The van der Waals surface area contributed by atoms with Crippen LogP contribution in [0.25, 0.3) is 0 Å². The molecule has 0 aromatic heterocycles. The molecule has 50 valence electrons. The van der Waals surface area contributed by atoms with Gasteiger partial charge in [-0.3, -0.25) is 4.99 Å². The Kier molecular flexibility index (Phi) is 2.49. The number of allylic oxidation sites excluding steroid dienone is 1. The molecule has 1 aliphatic rings. The molecule has 0 spiro atoms. The van der Waals surface area contributed by atoms with Crippen molar-refractivity contribution in [1.82, 2.24) is 0 Å². The van der Waals surface area contributed by atoms with Gasteiger partial charge in [0.2, 0.25) is 0 Å². The lowest BCUT2D eigenvalue weighted by molar-refractivity contribution is 0.731. The van der Waals surface area contributed by atoms with Gasteiger partial charge in [0.15, 0.2) is 0 Å². The van der Waals surface area contributed by atoms with E-state index in [1.165, 1.54) is 25.0 Å². The summed E-state index contributed by atoms with van der Waals surface area (Å²) in [6.45, 7) is 4.71. The Morgan fingerprint density at radius 1 is 1.33 bits per heavy atom. The Morgan fingerprint density at radius 2 is 2.22 bits per heavy atom. The van der Waals surface area contributed by atoms with Crippen molar-refractivity contribution in [3.05, 3.63) is 12.7 Å². The minimum absolute atomic E-state index is 1.02. The summed E-state index contributed by atoms with van der Waals surface area (Å²) in [7, 11) is 0. The van der Waals surface area contributed by atoms with E-state index in [1.807, 2.05) is 6.08 Å². The first-order valence-electron chi connectivity index (χ1n) is 3.59.